The van der Waals surface area contributed by atoms with Gasteiger partial charge < -0.3 is 5.32 Å². The van der Waals surface area contributed by atoms with Crippen LogP contribution in [0.25, 0.3) is 0 Å². The van der Waals surface area contributed by atoms with Crippen molar-refractivity contribution >= 4 is 5.69 Å². The topological polar surface area (TPSA) is 29.9 Å². The molecule has 1 heterocycles. The molecule has 0 saturated heterocycles. The van der Waals surface area contributed by atoms with E-state index in [-0.39, 0.29) is 5.82 Å². The predicted octanol–water partition coefficient (Wildman–Crippen LogP) is 2.79. The van der Waals surface area contributed by atoms with Gasteiger partial charge in [-0.3, -0.25) is 4.68 Å². The van der Waals surface area contributed by atoms with E-state index in [1.807, 2.05) is 26.2 Å². The summed E-state index contributed by atoms with van der Waals surface area (Å²) in [5.74, 6) is -0.161. The number of anilines is 1. The minimum absolute atomic E-state index is 0.161. The van der Waals surface area contributed by atoms with Gasteiger partial charge in [-0.25, -0.2) is 4.39 Å². The molecule has 2 rings (SSSR count). The van der Waals surface area contributed by atoms with Crippen molar-refractivity contribution in [1.82, 2.24) is 9.78 Å². The summed E-state index contributed by atoms with van der Waals surface area (Å²) in [5, 5.41) is 7.54. The third-order valence-electron chi connectivity index (χ3n) is 2.72. The Labute approximate surface area is 100 Å². The van der Waals surface area contributed by atoms with E-state index < -0.39 is 0 Å². The molecule has 0 amide bonds. The van der Waals surface area contributed by atoms with Crippen molar-refractivity contribution in [3.8, 4) is 0 Å². The lowest BCUT2D eigenvalue weighted by Gasteiger charge is -2.06. The molecule has 3 nitrogen and oxygen atoms in total. The van der Waals surface area contributed by atoms with Gasteiger partial charge in [-0.15, -0.1) is 0 Å². The van der Waals surface area contributed by atoms with Gasteiger partial charge in [-0.2, -0.15) is 5.10 Å². The quantitative estimate of drug-likeness (QED) is 0.883. The molecule has 90 valence electrons. The lowest BCUT2D eigenvalue weighted by atomic mass is 10.1. The van der Waals surface area contributed by atoms with Gasteiger partial charge in [0.25, 0.3) is 0 Å². The van der Waals surface area contributed by atoms with Gasteiger partial charge in [0.2, 0.25) is 0 Å². The van der Waals surface area contributed by atoms with E-state index in [1.165, 1.54) is 6.07 Å². The molecule has 0 radical (unpaired) electrons. The summed E-state index contributed by atoms with van der Waals surface area (Å²) in [5.41, 5.74) is 3.71. The second-order valence-corrected chi connectivity index (χ2v) is 4.24. The lowest BCUT2D eigenvalue weighted by Crippen LogP contribution is -2.00. The number of hydrogen-bond acceptors (Lipinski definition) is 2. The number of nitrogens with zero attached hydrogens (tertiary/aromatic N) is 2. The van der Waals surface area contributed by atoms with Crippen LogP contribution in [0.4, 0.5) is 10.1 Å². The van der Waals surface area contributed by atoms with Crippen molar-refractivity contribution < 1.29 is 4.39 Å². The zero-order chi connectivity index (χ0) is 12.4. The fourth-order valence-corrected chi connectivity index (χ4v) is 1.79. The Hall–Kier alpha value is -1.84. The van der Waals surface area contributed by atoms with Crippen LogP contribution in [0, 0.1) is 19.7 Å². The molecular formula is C13H16FN3. The van der Waals surface area contributed by atoms with Crippen LogP contribution in [-0.2, 0) is 13.6 Å². The molecule has 1 aromatic heterocycles. The Kier molecular flexibility index (Phi) is 3.13. The largest absolute Gasteiger partial charge is 0.378 e. The summed E-state index contributed by atoms with van der Waals surface area (Å²) >= 11 is 0. The summed E-state index contributed by atoms with van der Waals surface area (Å²) in [6.07, 6.45) is 1.94. The van der Waals surface area contributed by atoms with E-state index in [2.05, 4.69) is 10.4 Å². The molecule has 0 saturated carbocycles. The second kappa shape index (κ2) is 4.57. The molecular weight excluding hydrogens is 217 g/mol. The SMILES string of the molecule is Cc1cc(CNc2cn(C)nc2C)ccc1F. The minimum Gasteiger partial charge on any atom is -0.378 e. The number of benzene rings is 1. The van der Waals surface area contributed by atoms with Crippen molar-refractivity contribution in [2.45, 2.75) is 20.4 Å². The van der Waals surface area contributed by atoms with Crippen LogP contribution in [-0.4, -0.2) is 9.78 Å². The lowest BCUT2D eigenvalue weighted by molar-refractivity contribution is 0.617. The van der Waals surface area contributed by atoms with Crippen molar-refractivity contribution in [3.05, 3.63) is 47.0 Å². The van der Waals surface area contributed by atoms with Gasteiger partial charge in [-0.1, -0.05) is 12.1 Å². The van der Waals surface area contributed by atoms with Crippen LogP contribution in [0.15, 0.2) is 24.4 Å². The van der Waals surface area contributed by atoms with Crippen LogP contribution in [0.1, 0.15) is 16.8 Å². The van der Waals surface area contributed by atoms with E-state index in [0.29, 0.717) is 12.1 Å². The van der Waals surface area contributed by atoms with Gasteiger partial charge in [-0.05, 0) is 31.0 Å². The van der Waals surface area contributed by atoms with E-state index in [1.54, 1.807) is 17.7 Å². The number of aryl methyl sites for hydroxylation is 3. The van der Waals surface area contributed by atoms with Gasteiger partial charge in [0.15, 0.2) is 0 Å². The molecule has 2 aromatic rings. The highest BCUT2D eigenvalue weighted by Gasteiger charge is 2.03. The fraction of sp³-hybridized carbons (Fsp3) is 0.308. The molecule has 0 atom stereocenters. The average molecular weight is 233 g/mol. The van der Waals surface area contributed by atoms with Crippen LogP contribution in [0.5, 0.6) is 0 Å². The maximum Gasteiger partial charge on any atom is 0.126 e. The number of rotatable bonds is 3. The molecule has 1 aromatic carbocycles. The van der Waals surface area contributed by atoms with E-state index in [0.717, 1.165) is 16.9 Å². The molecule has 0 unspecified atom stereocenters. The first-order chi connectivity index (χ1) is 8.06. The summed E-state index contributed by atoms with van der Waals surface area (Å²) < 4.78 is 14.9. The third-order valence-corrected chi connectivity index (χ3v) is 2.72. The average Bonchev–Trinajstić information content (AvgIpc) is 2.59. The summed E-state index contributed by atoms with van der Waals surface area (Å²) in [7, 11) is 1.89. The van der Waals surface area contributed by atoms with E-state index in [4.69, 9.17) is 0 Å². The van der Waals surface area contributed by atoms with Crippen molar-refractivity contribution in [2.75, 3.05) is 5.32 Å². The maximum absolute atomic E-state index is 13.1. The van der Waals surface area contributed by atoms with Crippen LogP contribution in [0.2, 0.25) is 0 Å². The zero-order valence-electron chi connectivity index (χ0n) is 10.3. The molecule has 0 aliphatic heterocycles. The van der Waals surface area contributed by atoms with Crippen molar-refractivity contribution in [3.63, 3.8) is 0 Å². The van der Waals surface area contributed by atoms with Crippen molar-refractivity contribution in [2.24, 2.45) is 7.05 Å². The Morgan fingerprint density at radius 3 is 2.71 bits per heavy atom. The molecule has 0 bridgehead atoms. The number of nitrogens with one attached hydrogen (secondary N) is 1. The first-order valence-corrected chi connectivity index (χ1v) is 5.55. The molecule has 1 N–H and O–H groups in total. The molecule has 4 heteroatoms. The van der Waals surface area contributed by atoms with Crippen LogP contribution < -0.4 is 5.32 Å². The first-order valence-electron chi connectivity index (χ1n) is 5.55. The number of halogens is 1. The maximum atomic E-state index is 13.1. The second-order valence-electron chi connectivity index (χ2n) is 4.24. The Morgan fingerprint density at radius 1 is 1.35 bits per heavy atom. The van der Waals surface area contributed by atoms with Crippen LogP contribution >= 0.6 is 0 Å². The highest BCUT2D eigenvalue weighted by molar-refractivity contribution is 5.46. The molecule has 0 aliphatic carbocycles. The Morgan fingerprint density at radius 2 is 2.12 bits per heavy atom. The highest BCUT2D eigenvalue weighted by atomic mass is 19.1. The van der Waals surface area contributed by atoms with Crippen LogP contribution in [0.3, 0.4) is 0 Å². The standard InChI is InChI=1S/C13H16FN3/c1-9-6-11(4-5-12(9)14)7-15-13-8-17(3)16-10(13)2/h4-6,8,15H,7H2,1-3H3. The predicted molar refractivity (Wildman–Crippen MR) is 66.4 cm³/mol. The summed E-state index contributed by atoms with van der Waals surface area (Å²) in [6, 6.07) is 5.15. The van der Waals surface area contributed by atoms with E-state index in [9.17, 15) is 4.39 Å². The van der Waals surface area contributed by atoms with Crippen molar-refractivity contribution in [1.29, 1.82) is 0 Å². The fourth-order valence-electron chi connectivity index (χ4n) is 1.79. The molecule has 0 fully saturated rings. The summed E-state index contributed by atoms with van der Waals surface area (Å²) in [4.78, 5) is 0. The zero-order valence-corrected chi connectivity index (χ0v) is 10.3. The Balaban J connectivity index is 2.07. The van der Waals surface area contributed by atoms with Gasteiger partial charge in [0.1, 0.15) is 5.82 Å². The highest BCUT2D eigenvalue weighted by Crippen LogP contribution is 2.14. The molecule has 0 spiro atoms. The molecule has 17 heavy (non-hydrogen) atoms. The molecule has 0 aliphatic rings. The number of hydrogen-bond donors (Lipinski definition) is 1. The third kappa shape index (κ3) is 2.64. The van der Waals surface area contributed by atoms with Gasteiger partial charge >= 0.3 is 0 Å². The summed E-state index contributed by atoms with van der Waals surface area (Å²) in [6.45, 7) is 4.40. The first kappa shape index (κ1) is 11.6. The minimum atomic E-state index is -0.161. The van der Waals surface area contributed by atoms with Gasteiger partial charge in [0, 0.05) is 19.8 Å². The Bertz CT molecular complexity index is 531. The van der Waals surface area contributed by atoms with E-state index >= 15 is 0 Å². The normalized spacial score (nSPS) is 10.6. The smallest absolute Gasteiger partial charge is 0.126 e. The number of aromatic nitrogens is 2. The van der Waals surface area contributed by atoms with Gasteiger partial charge in [0.05, 0.1) is 11.4 Å². The monoisotopic (exact) mass is 233 g/mol.